The normalized spacial score (nSPS) is 14.8. The maximum atomic E-state index is 12.3. The third kappa shape index (κ3) is 9.85. The summed E-state index contributed by atoms with van der Waals surface area (Å²) in [6.45, 7) is 6.11. The molecule has 0 aromatic rings. The van der Waals surface area contributed by atoms with Gasteiger partial charge in [-0.05, 0) is 32.3 Å². The number of unbranched alkanes of at least 4 members (excludes halogenated alkanes) is 13. The first-order chi connectivity index (χ1) is 13.6. The highest BCUT2D eigenvalue weighted by atomic mass is 16.1. The number of hydrogen-bond acceptors (Lipinski definition) is 2. The van der Waals surface area contributed by atoms with Crippen molar-refractivity contribution in [3.8, 4) is 0 Å². The van der Waals surface area contributed by atoms with Crippen molar-refractivity contribution >= 4 is 11.6 Å². The summed E-state index contributed by atoms with van der Waals surface area (Å²) in [5.74, 6) is 0.178. The molecule has 160 valence electrons. The van der Waals surface area contributed by atoms with Gasteiger partial charge in [-0.25, -0.2) is 0 Å². The molecule has 2 nitrogen and oxygen atoms in total. The lowest BCUT2D eigenvalue weighted by molar-refractivity contribution is -0.116. The maximum Gasteiger partial charge on any atom is 0.185 e. The molecule has 1 aliphatic rings. The van der Waals surface area contributed by atoms with Gasteiger partial charge in [0.05, 0.1) is 0 Å². The van der Waals surface area contributed by atoms with Crippen molar-refractivity contribution < 1.29 is 9.59 Å². The van der Waals surface area contributed by atoms with Gasteiger partial charge in [0.15, 0.2) is 11.6 Å². The fraction of sp³-hybridized carbons (Fsp3) is 0.769. The zero-order chi connectivity index (χ0) is 20.6. The van der Waals surface area contributed by atoms with Gasteiger partial charge >= 0.3 is 0 Å². The molecule has 28 heavy (non-hydrogen) atoms. The van der Waals surface area contributed by atoms with Crippen LogP contribution in [-0.2, 0) is 9.59 Å². The minimum atomic E-state index is 0.0789. The highest BCUT2D eigenvalue weighted by molar-refractivity contribution is 6.22. The standard InChI is InChI=1S/C26H44O2/c1-4-6-7-8-9-10-11-12-13-14-15-16-17-18-20-23-24(19-5-2)26(28)22(3)21-25(23)27/h21H,4-20H2,1-3H3. The minimum absolute atomic E-state index is 0.0789. The smallest absolute Gasteiger partial charge is 0.185 e. The third-order valence-electron chi connectivity index (χ3n) is 5.92. The Hall–Kier alpha value is -1.18. The van der Waals surface area contributed by atoms with E-state index in [4.69, 9.17) is 0 Å². The molecule has 0 N–H and O–H groups in total. The van der Waals surface area contributed by atoms with E-state index in [0.717, 1.165) is 36.8 Å². The molecule has 0 unspecified atom stereocenters. The molecule has 0 heterocycles. The molecule has 0 radical (unpaired) electrons. The molecule has 0 saturated heterocycles. The molecular weight excluding hydrogens is 344 g/mol. The second kappa shape index (κ2) is 15.7. The summed E-state index contributed by atoms with van der Waals surface area (Å²) >= 11 is 0. The van der Waals surface area contributed by atoms with Crippen molar-refractivity contribution in [3.05, 3.63) is 22.8 Å². The topological polar surface area (TPSA) is 34.1 Å². The SMILES string of the molecule is CCCCCCCCCCCCCCCCC1=C(CCC)C(=O)C(C)=CC1=O. The van der Waals surface area contributed by atoms with E-state index in [0.29, 0.717) is 5.57 Å². The summed E-state index contributed by atoms with van der Waals surface area (Å²) in [4.78, 5) is 24.7. The van der Waals surface area contributed by atoms with Crippen LogP contribution in [0.4, 0.5) is 0 Å². The lowest BCUT2D eigenvalue weighted by Crippen LogP contribution is -2.18. The predicted molar refractivity (Wildman–Crippen MR) is 121 cm³/mol. The van der Waals surface area contributed by atoms with Gasteiger partial charge < -0.3 is 0 Å². The Morgan fingerprint density at radius 2 is 1.04 bits per heavy atom. The van der Waals surface area contributed by atoms with Crippen LogP contribution in [0.3, 0.4) is 0 Å². The van der Waals surface area contributed by atoms with Crippen LogP contribution >= 0.6 is 0 Å². The van der Waals surface area contributed by atoms with Gasteiger partial charge in [-0.15, -0.1) is 0 Å². The molecule has 0 bridgehead atoms. The molecule has 0 amide bonds. The van der Waals surface area contributed by atoms with Crippen LogP contribution in [-0.4, -0.2) is 11.6 Å². The summed E-state index contributed by atoms with van der Waals surface area (Å²) in [6.07, 6.45) is 22.7. The van der Waals surface area contributed by atoms with Crippen molar-refractivity contribution in [2.24, 2.45) is 0 Å². The van der Waals surface area contributed by atoms with Gasteiger partial charge in [0.1, 0.15) is 0 Å². The number of carbonyl (C=O) groups is 2. The lowest BCUT2D eigenvalue weighted by atomic mass is 9.85. The number of Topliss-reactive ketones (excluding diaryl/α,β-unsaturated/α-hetero) is 1. The van der Waals surface area contributed by atoms with Crippen molar-refractivity contribution in [2.75, 3.05) is 0 Å². The van der Waals surface area contributed by atoms with Gasteiger partial charge in [-0.2, -0.15) is 0 Å². The molecule has 0 fully saturated rings. The van der Waals surface area contributed by atoms with Crippen LogP contribution in [0.5, 0.6) is 0 Å². The van der Waals surface area contributed by atoms with Crippen LogP contribution in [0.2, 0.25) is 0 Å². The monoisotopic (exact) mass is 388 g/mol. The zero-order valence-electron chi connectivity index (χ0n) is 18.9. The van der Waals surface area contributed by atoms with E-state index in [2.05, 4.69) is 13.8 Å². The second-order valence-corrected chi connectivity index (χ2v) is 8.57. The Kier molecular flexibility index (Phi) is 13.9. The summed E-state index contributed by atoms with van der Waals surface area (Å²) in [5.41, 5.74) is 2.21. The molecular formula is C26H44O2. The largest absolute Gasteiger partial charge is 0.290 e. The maximum absolute atomic E-state index is 12.3. The van der Waals surface area contributed by atoms with Crippen LogP contribution in [0.25, 0.3) is 0 Å². The first kappa shape index (κ1) is 24.9. The van der Waals surface area contributed by atoms with E-state index in [1.54, 1.807) is 13.0 Å². The van der Waals surface area contributed by atoms with E-state index in [1.807, 2.05) is 0 Å². The van der Waals surface area contributed by atoms with Crippen molar-refractivity contribution in [1.29, 1.82) is 0 Å². The molecule has 0 atom stereocenters. The van der Waals surface area contributed by atoms with Crippen molar-refractivity contribution in [1.82, 2.24) is 0 Å². The first-order valence-corrected chi connectivity index (χ1v) is 12.1. The van der Waals surface area contributed by atoms with E-state index in [1.165, 1.54) is 83.5 Å². The van der Waals surface area contributed by atoms with Gasteiger partial charge in [0, 0.05) is 16.7 Å². The number of ketones is 2. The Balaban J connectivity index is 2.07. The molecule has 2 heteroatoms. The zero-order valence-corrected chi connectivity index (χ0v) is 18.9. The highest BCUT2D eigenvalue weighted by Gasteiger charge is 2.24. The fourth-order valence-corrected chi connectivity index (χ4v) is 4.16. The Morgan fingerprint density at radius 1 is 0.571 bits per heavy atom. The van der Waals surface area contributed by atoms with E-state index in [-0.39, 0.29) is 11.6 Å². The van der Waals surface area contributed by atoms with E-state index < -0.39 is 0 Å². The molecule has 1 aliphatic carbocycles. The lowest BCUT2D eigenvalue weighted by Gasteiger charge is -2.17. The number of carbonyl (C=O) groups excluding carboxylic acids is 2. The van der Waals surface area contributed by atoms with Crippen molar-refractivity contribution in [3.63, 3.8) is 0 Å². The minimum Gasteiger partial charge on any atom is -0.290 e. The van der Waals surface area contributed by atoms with Gasteiger partial charge in [0.25, 0.3) is 0 Å². The molecule has 0 aliphatic heterocycles. The Labute approximate surface area is 174 Å². The summed E-state index contributed by atoms with van der Waals surface area (Å²) < 4.78 is 0. The molecule has 0 saturated carbocycles. The average molecular weight is 389 g/mol. The van der Waals surface area contributed by atoms with Gasteiger partial charge in [-0.1, -0.05) is 104 Å². The second-order valence-electron chi connectivity index (χ2n) is 8.57. The van der Waals surface area contributed by atoms with E-state index in [9.17, 15) is 9.59 Å². The number of allylic oxidation sites excluding steroid dienone is 4. The average Bonchev–Trinajstić information content (AvgIpc) is 2.68. The third-order valence-corrected chi connectivity index (χ3v) is 5.92. The fourth-order valence-electron chi connectivity index (χ4n) is 4.16. The molecule has 0 aromatic heterocycles. The van der Waals surface area contributed by atoms with Crippen LogP contribution in [0, 0.1) is 0 Å². The number of hydrogen-bond donors (Lipinski definition) is 0. The Morgan fingerprint density at radius 3 is 1.50 bits per heavy atom. The summed E-state index contributed by atoms with van der Waals surface area (Å²) in [7, 11) is 0. The Bertz CT molecular complexity index is 525. The molecule has 0 spiro atoms. The van der Waals surface area contributed by atoms with Gasteiger partial charge in [-0.3, -0.25) is 9.59 Å². The quantitative estimate of drug-likeness (QED) is 0.186. The first-order valence-electron chi connectivity index (χ1n) is 12.1. The highest BCUT2D eigenvalue weighted by Crippen LogP contribution is 2.27. The molecule has 0 aromatic carbocycles. The van der Waals surface area contributed by atoms with E-state index >= 15 is 0 Å². The molecule has 1 rings (SSSR count). The van der Waals surface area contributed by atoms with Gasteiger partial charge in [0.2, 0.25) is 0 Å². The van der Waals surface area contributed by atoms with Crippen molar-refractivity contribution in [2.45, 2.75) is 130 Å². The van der Waals surface area contributed by atoms with Crippen LogP contribution in [0.15, 0.2) is 22.8 Å². The summed E-state index contributed by atoms with van der Waals surface area (Å²) in [6, 6.07) is 0. The number of rotatable bonds is 17. The van der Waals surface area contributed by atoms with Crippen LogP contribution in [0.1, 0.15) is 130 Å². The predicted octanol–water partition coefficient (Wildman–Crippen LogP) is 8.05. The van der Waals surface area contributed by atoms with Crippen LogP contribution < -0.4 is 0 Å². The summed E-state index contributed by atoms with van der Waals surface area (Å²) in [5, 5.41) is 0.